The monoisotopic (exact) mass is 448 g/mol. The fraction of sp³-hybridized carbons (Fsp3) is 0.208. The Morgan fingerprint density at radius 2 is 2.00 bits per heavy atom. The molecule has 1 aliphatic heterocycles. The van der Waals surface area contributed by atoms with Gasteiger partial charge in [0.05, 0.1) is 24.7 Å². The maximum absolute atomic E-state index is 13.1. The highest BCUT2D eigenvalue weighted by atomic mass is 35.5. The van der Waals surface area contributed by atoms with Gasteiger partial charge >= 0.3 is 0 Å². The standard InChI is InChI=1S/C24H21ClN4O3/c1-32-17-5-2-4-15(12-17)21-18(13-26)23(27)29(19-6-3-7-20(30)22(19)21)28-24(31)14-8-10-16(25)11-9-14/h2,4-5,8-12,21H,3,6-7,27H2,1H3,(H,28,31). The predicted molar refractivity (Wildman–Crippen MR) is 119 cm³/mol. The number of amides is 1. The van der Waals surface area contributed by atoms with Crippen LogP contribution in [0.1, 0.15) is 41.1 Å². The number of nitriles is 1. The number of hydrogen-bond acceptors (Lipinski definition) is 6. The van der Waals surface area contributed by atoms with E-state index in [2.05, 4.69) is 11.5 Å². The van der Waals surface area contributed by atoms with Crippen molar-refractivity contribution in [3.8, 4) is 11.8 Å². The summed E-state index contributed by atoms with van der Waals surface area (Å²) in [4.78, 5) is 25.9. The highest BCUT2D eigenvalue weighted by molar-refractivity contribution is 6.30. The van der Waals surface area contributed by atoms with E-state index in [0.717, 1.165) is 5.56 Å². The van der Waals surface area contributed by atoms with Crippen LogP contribution in [0.4, 0.5) is 0 Å². The summed E-state index contributed by atoms with van der Waals surface area (Å²) in [6.45, 7) is 0. The number of nitrogens with one attached hydrogen (secondary N) is 1. The lowest BCUT2D eigenvalue weighted by atomic mass is 9.76. The van der Waals surface area contributed by atoms with Gasteiger partial charge in [0, 0.05) is 28.3 Å². The first kappa shape index (κ1) is 21.5. The molecule has 0 fully saturated rings. The van der Waals surface area contributed by atoms with Crippen LogP contribution in [0.2, 0.25) is 5.02 Å². The van der Waals surface area contributed by atoms with E-state index in [9.17, 15) is 14.9 Å². The molecular weight excluding hydrogens is 428 g/mol. The number of rotatable bonds is 4. The number of carbonyl (C=O) groups excluding carboxylic acids is 2. The normalized spacial score (nSPS) is 18.2. The molecule has 162 valence electrons. The summed E-state index contributed by atoms with van der Waals surface area (Å²) >= 11 is 5.91. The van der Waals surface area contributed by atoms with Gasteiger partial charge in [-0.05, 0) is 54.8 Å². The predicted octanol–water partition coefficient (Wildman–Crippen LogP) is 3.79. The molecule has 0 bridgehead atoms. The number of nitrogens with zero attached hydrogens (tertiary/aromatic N) is 2. The number of benzene rings is 2. The van der Waals surface area contributed by atoms with Gasteiger partial charge in [-0.3, -0.25) is 15.0 Å². The lowest BCUT2D eigenvalue weighted by Crippen LogP contribution is -2.48. The Labute approximate surface area is 190 Å². The van der Waals surface area contributed by atoms with Crippen molar-refractivity contribution in [3.05, 3.63) is 87.3 Å². The first-order chi connectivity index (χ1) is 15.4. The molecule has 1 aliphatic carbocycles. The summed E-state index contributed by atoms with van der Waals surface area (Å²) in [6, 6.07) is 15.8. The fourth-order valence-electron chi connectivity index (χ4n) is 4.14. The van der Waals surface area contributed by atoms with Crippen molar-refractivity contribution < 1.29 is 14.3 Å². The number of Topliss-reactive ketones (excluding diaryl/α,β-unsaturated/α-hetero) is 1. The zero-order chi connectivity index (χ0) is 22.8. The Bertz CT molecular complexity index is 1190. The molecule has 0 spiro atoms. The lowest BCUT2D eigenvalue weighted by molar-refractivity contribution is -0.116. The van der Waals surface area contributed by atoms with E-state index in [0.29, 0.717) is 46.9 Å². The first-order valence-electron chi connectivity index (χ1n) is 10.1. The van der Waals surface area contributed by atoms with E-state index in [1.807, 2.05) is 12.1 Å². The quantitative estimate of drug-likeness (QED) is 0.736. The largest absolute Gasteiger partial charge is 0.497 e. The van der Waals surface area contributed by atoms with Crippen molar-refractivity contribution in [3.63, 3.8) is 0 Å². The molecule has 0 radical (unpaired) electrons. The van der Waals surface area contributed by atoms with Gasteiger partial charge in [-0.25, -0.2) is 5.01 Å². The van der Waals surface area contributed by atoms with Crippen LogP contribution in [0.25, 0.3) is 0 Å². The second kappa shape index (κ2) is 8.77. The minimum atomic E-state index is -0.624. The van der Waals surface area contributed by atoms with E-state index < -0.39 is 11.8 Å². The van der Waals surface area contributed by atoms with Crippen LogP contribution in [0, 0.1) is 11.3 Å². The molecule has 1 heterocycles. The number of methoxy groups -OCH3 is 1. The van der Waals surface area contributed by atoms with Gasteiger partial charge in [-0.2, -0.15) is 5.26 Å². The van der Waals surface area contributed by atoms with Crippen molar-refractivity contribution >= 4 is 23.3 Å². The molecule has 0 saturated heterocycles. The topological polar surface area (TPSA) is 108 Å². The van der Waals surface area contributed by atoms with Crippen LogP contribution >= 0.6 is 11.6 Å². The second-order valence-electron chi connectivity index (χ2n) is 7.54. The van der Waals surface area contributed by atoms with Crippen LogP contribution in [0.5, 0.6) is 5.75 Å². The maximum Gasteiger partial charge on any atom is 0.270 e. The van der Waals surface area contributed by atoms with E-state index in [1.165, 1.54) is 5.01 Å². The van der Waals surface area contributed by atoms with Gasteiger partial charge < -0.3 is 10.5 Å². The van der Waals surface area contributed by atoms with Crippen LogP contribution < -0.4 is 15.9 Å². The van der Waals surface area contributed by atoms with Gasteiger partial charge in [0.15, 0.2) is 5.78 Å². The van der Waals surface area contributed by atoms with Crippen molar-refractivity contribution in [2.45, 2.75) is 25.2 Å². The number of ether oxygens (including phenoxy) is 1. The van der Waals surface area contributed by atoms with E-state index in [4.69, 9.17) is 22.1 Å². The SMILES string of the molecule is COc1cccc(C2C(C#N)=C(N)N(NC(=O)c3ccc(Cl)cc3)C3=C2C(=O)CCC3)c1. The number of hydrazine groups is 1. The molecule has 1 unspecified atom stereocenters. The summed E-state index contributed by atoms with van der Waals surface area (Å²) in [5.41, 5.74) is 11.6. The van der Waals surface area contributed by atoms with E-state index in [-0.39, 0.29) is 17.2 Å². The smallest absolute Gasteiger partial charge is 0.270 e. The third-order valence-corrected chi connectivity index (χ3v) is 5.91. The van der Waals surface area contributed by atoms with Crippen molar-refractivity contribution in [2.24, 2.45) is 5.73 Å². The van der Waals surface area contributed by atoms with Gasteiger partial charge in [0.1, 0.15) is 11.6 Å². The molecular formula is C24H21ClN4O3. The third kappa shape index (κ3) is 3.81. The number of carbonyl (C=O) groups is 2. The highest BCUT2D eigenvalue weighted by Crippen LogP contribution is 2.44. The molecule has 2 aromatic rings. The third-order valence-electron chi connectivity index (χ3n) is 5.66. The average molecular weight is 449 g/mol. The molecule has 32 heavy (non-hydrogen) atoms. The first-order valence-corrected chi connectivity index (χ1v) is 10.5. The Balaban J connectivity index is 1.80. The van der Waals surface area contributed by atoms with Gasteiger partial charge in [-0.15, -0.1) is 0 Å². The van der Waals surface area contributed by atoms with Gasteiger partial charge in [0.25, 0.3) is 5.91 Å². The summed E-state index contributed by atoms with van der Waals surface area (Å²) in [7, 11) is 1.56. The number of ketones is 1. The van der Waals surface area contributed by atoms with Gasteiger partial charge in [0.2, 0.25) is 0 Å². The van der Waals surface area contributed by atoms with Crippen LogP contribution in [-0.4, -0.2) is 23.8 Å². The van der Waals surface area contributed by atoms with Gasteiger partial charge in [-0.1, -0.05) is 23.7 Å². The summed E-state index contributed by atoms with van der Waals surface area (Å²) in [5.74, 6) is -0.406. The summed E-state index contributed by atoms with van der Waals surface area (Å²) < 4.78 is 5.33. The second-order valence-corrected chi connectivity index (χ2v) is 7.98. The molecule has 0 saturated carbocycles. The fourth-order valence-corrected chi connectivity index (χ4v) is 4.26. The van der Waals surface area contributed by atoms with Crippen molar-refractivity contribution in [2.75, 3.05) is 7.11 Å². The molecule has 7 nitrogen and oxygen atoms in total. The molecule has 1 amide bonds. The van der Waals surface area contributed by atoms with Crippen LogP contribution in [0.3, 0.4) is 0 Å². The molecule has 2 aliphatic rings. The van der Waals surface area contributed by atoms with Crippen molar-refractivity contribution in [1.29, 1.82) is 5.26 Å². The minimum absolute atomic E-state index is 0.0648. The molecule has 8 heteroatoms. The molecule has 3 N–H and O–H groups in total. The molecule has 0 aromatic heterocycles. The Hall–Kier alpha value is -3.76. The Morgan fingerprint density at radius 3 is 2.69 bits per heavy atom. The summed E-state index contributed by atoms with van der Waals surface area (Å²) in [6.07, 6.45) is 1.55. The molecule has 1 atom stereocenters. The highest BCUT2D eigenvalue weighted by Gasteiger charge is 2.40. The Kier molecular flexibility index (Phi) is 5.89. The van der Waals surface area contributed by atoms with Crippen LogP contribution in [0.15, 0.2) is 71.2 Å². The number of hydrogen-bond donors (Lipinski definition) is 2. The van der Waals surface area contributed by atoms with Crippen LogP contribution in [-0.2, 0) is 4.79 Å². The number of nitrogens with two attached hydrogens (primary N) is 1. The van der Waals surface area contributed by atoms with E-state index >= 15 is 0 Å². The molecule has 4 rings (SSSR count). The zero-order valence-electron chi connectivity index (χ0n) is 17.4. The number of halogens is 1. The molecule has 2 aromatic carbocycles. The Morgan fingerprint density at radius 1 is 1.25 bits per heavy atom. The number of allylic oxidation sites excluding steroid dienone is 3. The van der Waals surface area contributed by atoms with Crippen molar-refractivity contribution in [1.82, 2.24) is 10.4 Å². The lowest BCUT2D eigenvalue weighted by Gasteiger charge is -2.39. The van der Waals surface area contributed by atoms with E-state index in [1.54, 1.807) is 43.5 Å². The maximum atomic E-state index is 13.1. The average Bonchev–Trinajstić information content (AvgIpc) is 2.81. The summed E-state index contributed by atoms with van der Waals surface area (Å²) in [5, 5.41) is 11.9. The minimum Gasteiger partial charge on any atom is -0.497 e. The zero-order valence-corrected chi connectivity index (χ0v) is 18.1.